The highest BCUT2D eigenvalue weighted by Crippen LogP contribution is 2.16. The fourth-order valence-electron chi connectivity index (χ4n) is 1.36. The monoisotopic (exact) mass is 203 g/mol. The van der Waals surface area contributed by atoms with Crippen LogP contribution >= 0.6 is 0 Å². The van der Waals surface area contributed by atoms with E-state index in [4.69, 9.17) is 5.73 Å². The van der Waals surface area contributed by atoms with Crippen molar-refractivity contribution in [2.24, 2.45) is 0 Å². The third-order valence-corrected chi connectivity index (χ3v) is 2.27. The molecule has 2 aromatic heterocycles. The fourth-order valence-corrected chi connectivity index (χ4v) is 1.36. The van der Waals surface area contributed by atoms with Gasteiger partial charge in [-0.05, 0) is 6.92 Å². The second kappa shape index (κ2) is 3.68. The number of aryl methyl sites for hydroxylation is 1. The lowest BCUT2D eigenvalue weighted by atomic mass is 10.3. The van der Waals surface area contributed by atoms with Crippen LogP contribution in [0, 0.1) is 6.92 Å². The van der Waals surface area contributed by atoms with Gasteiger partial charge >= 0.3 is 0 Å². The Bertz CT molecular complexity index is 461. The molecule has 0 spiro atoms. The van der Waals surface area contributed by atoms with E-state index in [1.54, 1.807) is 12.5 Å². The molecule has 0 saturated heterocycles. The van der Waals surface area contributed by atoms with Gasteiger partial charge in [0.15, 0.2) is 0 Å². The smallest absolute Gasteiger partial charge is 0.146 e. The molecule has 0 bridgehead atoms. The molecule has 0 saturated carbocycles. The zero-order valence-corrected chi connectivity index (χ0v) is 8.81. The highest BCUT2D eigenvalue weighted by Gasteiger charge is 2.08. The topological polar surface area (TPSA) is 69.6 Å². The molecule has 5 heteroatoms. The Kier molecular flexibility index (Phi) is 2.37. The molecule has 0 unspecified atom stereocenters. The summed E-state index contributed by atoms with van der Waals surface area (Å²) in [5.41, 5.74) is 6.70. The number of aromatic nitrogens is 4. The van der Waals surface area contributed by atoms with Gasteiger partial charge in [0.25, 0.3) is 0 Å². The summed E-state index contributed by atoms with van der Waals surface area (Å²) in [6.45, 7) is 3.91. The minimum Gasteiger partial charge on any atom is -0.383 e. The van der Waals surface area contributed by atoms with Gasteiger partial charge < -0.3 is 5.73 Å². The van der Waals surface area contributed by atoms with E-state index in [2.05, 4.69) is 15.0 Å². The molecule has 0 amide bonds. The molecule has 0 aliphatic heterocycles. The van der Waals surface area contributed by atoms with Crippen molar-refractivity contribution in [3.05, 3.63) is 30.1 Å². The molecule has 0 atom stereocenters. The standard InChI is InChI=1S/C10H13N5/c1-3-8-13-9(11)7(2)10(14-8)15-5-4-12-6-15/h4-6H,3H2,1-2H3,(H2,11,13,14). The minimum atomic E-state index is 0.533. The van der Waals surface area contributed by atoms with Crippen molar-refractivity contribution in [3.8, 4) is 5.82 Å². The molecular formula is C10H13N5. The molecule has 2 heterocycles. The summed E-state index contributed by atoms with van der Waals surface area (Å²) in [7, 11) is 0. The Balaban J connectivity index is 2.60. The van der Waals surface area contributed by atoms with Crippen LogP contribution in [0.5, 0.6) is 0 Å². The van der Waals surface area contributed by atoms with Crippen LogP contribution in [0.15, 0.2) is 18.7 Å². The summed E-state index contributed by atoms with van der Waals surface area (Å²) in [5.74, 6) is 2.09. The molecule has 78 valence electrons. The van der Waals surface area contributed by atoms with Crippen LogP contribution in [0.2, 0.25) is 0 Å². The molecular weight excluding hydrogens is 190 g/mol. The predicted octanol–water partition coefficient (Wildman–Crippen LogP) is 1.12. The van der Waals surface area contributed by atoms with Gasteiger partial charge in [-0.3, -0.25) is 4.57 Å². The van der Waals surface area contributed by atoms with Crippen molar-refractivity contribution >= 4 is 5.82 Å². The maximum atomic E-state index is 5.82. The van der Waals surface area contributed by atoms with Gasteiger partial charge in [0.05, 0.1) is 0 Å². The second-order valence-electron chi connectivity index (χ2n) is 3.30. The fraction of sp³-hybridized carbons (Fsp3) is 0.300. The van der Waals surface area contributed by atoms with Crippen molar-refractivity contribution in [2.75, 3.05) is 5.73 Å². The van der Waals surface area contributed by atoms with E-state index in [0.717, 1.165) is 23.6 Å². The van der Waals surface area contributed by atoms with Crippen LogP contribution in [-0.2, 0) is 6.42 Å². The number of imidazole rings is 1. The van der Waals surface area contributed by atoms with Gasteiger partial charge in [-0.25, -0.2) is 15.0 Å². The molecule has 2 rings (SSSR count). The number of hydrogen-bond acceptors (Lipinski definition) is 4. The van der Waals surface area contributed by atoms with E-state index in [0.29, 0.717) is 5.82 Å². The highest BCUT2D eigenvalue weighted by molar-refractivity contribution is 5.48. The number of rotatable bonds is 2. The summed E-state index contributed by atoms with van der Waals surface area (Å²) >= 11 is 0. The lowest BCUT2D eigenvalue weighted by Gasteiger charge is -2.09. The van der Waals surface area contributed by atoms with Crippen LogP contribution in [0.3, 0.4) is 0 Å². The first-order valence-corrected chi connectivity index (χ1v) is 4.83. The summed E-state index contributed by atoms with van der Waals surface area (Å²) < 4.78 is 1.84. The molecule has 15 heavy (non-hydrogen) atoms. The predicted molar refractivity (Wildman–Crippen MR) is 57.7 cm³/mol. The molecule has 0 fully saturated rings. The first kappa shape index (κ1) is 9.64. The number of nitrogens with two attached hydrogens (primary N) is 1. The van der Waals surface area contributed by atoms with Crippen molar-refractivity contribution in [3.63, 3.8) is 0 Å². The van der Waals surface area contributed by atoms with Crippen LogP contribution in [0.25, 0.3) is 5.82 Å². The quantitative estimate of drug-likeness (QED) is 0.793. The average molecular weight is 203 g/mol. The van der Waals surface area contributed by atoms with Gasteiger partial charge in [-0.1, -0.05) is 6.92 Å². The van der Waals surface area contributed by atoms with Gasteiger partial charge in [-0.2, -0.15) is 0 Å². The van der Waals surface area contributed by atoms with E-state index in [9.17, 15) is 0 Å². The molecule has 5 nitrogen and oxygen atoms in total. The van der Waals surface area contributed by atoms with Crippen molar-refractivity contribution in [1.82, 2.24) is 19.5 Å². The zero-order chi connectivity index (χ0) is 10.8. The summed E-state index contributed by atoms with van der Waals surface area (Å²) in [5, 5.41) is 0. The van der Waals surface area contributed by atoms with Crippen molar-refractivity contribution in [2.45, 2.75) is 20.3 Å². The molecule has 0 radical (unpaired) electrons. The van der Waals surface area contributed by atoms with E-state index in [1.165, 1.54) is 0 Å². The molecule has 0 aliphatic carbocycles. The average Bonchev–Trinajstić information content (AvgIpc) is 2.75. The molecule has 0 aliphatic rings. The largest absolute Gasteiger partial charge is 0.383 e. The van der Waals surface area contributed by atoms with Crippen LogP contribution < -0.4 is 5.73 Å². The number of nitrogen functional groups attached to an aromatic ring is 1. The SMILES string of the molecule is CCc1nc(N)c(C)c(-n2ccnc2)n1. The first-order valence-electron chi connectivity index (χ1n) is 4.83. The summed E-state index contributed by atoms with van der Waals surface area (Å²) in [6, 6.07) is 0. The van der Waals surface area contributed by atoms with Gasteiger partial charge in [-0.15, -0.1) is 0 Å². The lowest BCUT2D eigenvalue weighted by Crippen LogP contribution is -2.07. The van der Waals surface area contributed by atoms with E-state index < -0.39 is 0 Å². The normalized spacial score (nSPS) is 10.5. The minimum absolute atomic E-state index is 0.533. The van der Waals surface area contributed by atoms with Gasteiger partial charge in [0.1, 0.15) is 23.8 Å². The molecule has 2 aromatic rings. The second-order valence-corrected chi connectivity index (χ2v) is 3.30. The first-order chi connectivity index (χ1) is 7.22. The maximum absolute atomic E-state index is 5.82. The van der Waals surface area contributed by atoms with Crippen LogP contribution in [0.1, 0.15) is 18.3 Å². The lowest BCUT2D eigenvalue weighted by molar-refractivity contribution is 0.878. The number of nitrogens with zero attached hydrogens (tertiary/aromatic N) is 4. The molecule has 2 N–H and O–H groups in total. The Hall–Kier alpha value is -1.91. The summed E-state index contributed by atoms with van der Waals surface area (Å²) in [6.07, 6.45) is 6.03. The van der Waals surface area contributed by atoms with E-state index >= 15 is 0 Å². The zero-order valence-electron chi connectivity index (χ0n) is 8.81. The number of anilines is 1. The Morgan fingerprint density at radius 3 is 2.80 bits per heavy atom. The highest BCUT2D eigenvalue weighted by atomic mass is 15.1. The Morgan fingerprint density at radius 1 is 1.40 bits per heavy atom. The number of hydrogen-bond donors (Lipinski definition) is 1. The van der Waals surface area contributed by atoms with Crippen LogP contribution in [0.4, 0.5) is 5.82 Å². The third kappa shape index (κ3) is 1.68. The third-order valence-electron chi connectivity index (χ3n) is 2.27. The van der Waals surface area contributed by atoms with Gasteiger partial charge in [0, 0.05) is 24.4 Å². The molecule has 0 aromatic carbocycles. The van der Waals surface area contributed by atoms with Crippen LogP contribution in [-0.4, -0.2) is 19.5 Å². The van der Waals surface area contributed by atoms with Crippen molar-refractivity contribution < 1.29 is 0 Å². The van der Waals surface area contributed by atoms with E-state index in [-0.39, 0.29) is 0 Å². The summed E-state index contributed by atoms with van der Waals surface area (Å²) in [4.78, 5) is 12.6. The Labute approximate surface area is 88.0 Å². The Morgan fingerprint density at radius 2 is 2.20 bits per heavy atom. The van der Waals surface area contributed by atoms with Crippen molar-refractivity contribution in [1.29, 1.82) is 0 Å². The van der Waals surface area contributed by atoms with E-state index in [1.807, 2.05) is 24.6 Å². The maximum Gasteiger partial charge on any atom is 0.146 e. The van der Waals surface area contributed by atoms with Gasteiger partial charge in [0.2, 0.25) is 0 Å².